The average Bonchev–Trinajstić information content (AvgIpc) is 3.55. The van der Waals surface area contributed by atoms with Crippen LogP contribution in [0.2, 0.25) is 0 Å². The number of benzene rings is 3. The number of fused-ring (bicyclic) bond motifs is 2. The number of thioether (sulfide) groups is 1. The number of nitrogens with zero attached hydrogens (tertiary/aromatic N) is 4. The Labute approximate surface area is 225 Å². The van der Waals surface area contributed by atoms with E-state index < -0.39 is 6.04 Å². The fourth-order valence-corrected chi connectivity index (χ4v) is 5.90. The first kappa shape index (κ1) is 24.1. The Morgan fingerprint density at radius 1 is 1.00 bits per heavy atom. The summed E-state index contributed by atoms with van der Waals surface area (Å²) in [6, 6.07) is 26.0. The van der Waals surface area contributed by atoms with E-state index in [0.29, 0.717) is 18.0 Å². The van der Waals surface area contributed by atoms with E-state index in [1.54, 1.807) is 36.2 Å². The molecule has 0 spiro atoms. The second-order valence-electron chi connectivity index (χ2n) is 9.46. The van der Waals surface area contributed by atoms with Crippen LogP contribution in [0.15, 0.2) is 102 Å². The molecule has 0 bridgehead atoms. The molecule has 0 unspecified atom stereocenters. The lowest BCUT2D eigenvalue weighted by Gasteiger charge is -2.21. The summed E-state index contributed by atoms with van der Waals surface area (Å²) in [5.74, 6) is -0.0525. The predicted octanol–water partition coefficient (Wildman–Crippen LogP) is 4.80. The summed E-state index contributed by atoms with van der Waals surface area (Å²) in [5.41, 5.74) is 4.62. The van der Waals surface area contributed by atoms with Crippen LogP contribution in [-0.2, 0) is 17.9 Å². The van der Waals surface area contributed by atoms with E-state index in [4.69, 9.17) is 0 Å². The summed E-state index contributed by atoms with van der Waals surface area (Å²) in [6.07, 6.45) is 5.45. The van der Waals surface area contributed by atoms with E-state index >= 15 is 0 Å². The highest BCUT2D eigenvalue weighted by Gasteiger charge is 2.31. The Morgan fingerprint density at radius 2 is 1.71 bits per heavy atom. The molecule has 5 aromatic rings. The highest BCUT2D eigenvalue weighted by atomic mass is 32.2. The van der Waals surface area contributed by atoms with Crippen LogP contribution >= 0.6 is 11.8 Å². The maximum Gasteiger partial charge on any atom is 0.272 e. The van der Waals surface area contributed by atoms with Gasteiger partial charge in [-0.3, -0.25) is 9.59 Å². The second kappa shape index (κ2) is 10.2. The lowest BCUT2D eigenvalue weighted by molar-refractivity contribution is -0.119. The predicted molar refractivity (Wildman–Crippen MR) is 151 cm³/mol. The van der Waals surface area contributed by atoms with Crippen molar-refractivity contribution in [2.24, 2.45) is 0 Å². The number of carbonyl (C=O) groups is 2. The Kier molecular flexibility index (Phi) is 6.47. The molecule has 6 rings (SSSR count). The summed E-state index contributed by atoms with van der Waals surface area (Å²) in [6.45, 7) is 1.40. The average molecular weight is 522 g/mol. The van der Waals surface area contributed by atoms with Gasteiger partial charge in [0, 0.05) is 54.1 Å². The Morgan fingerprint density at radius 3 is 2.45 bits per heavy atom. The molecule has 190 valence electrons. The number of aromatic nitrogens is 3. The van der Waals surface area contributed by atoms with E-state index in [1.165, 1.54) is 5.56 Å². The van der Waals surface area contributed by atoms with E-state index in [0.717, 1.165) is 33.6 Å². The molecule has 2 amide bonds. The van der Waals surface area contributed by atoms with E-state index in [2.05, 4.69) is 51.4 Å². The summed E-state index contributed by atoms with van der Waals surface area (Å²) in [4.78, 5) is 33.3. The number of anilines is 1. The summed E-state index contributed by atoms with van der Waals surface area (Å²) >= 11 is 1.59. The Hall–Kier alpha value is -4.30. The minimum Gasteiger partial charge on any atom is -0.343 e. The minimum absolute atomic E-state index is 0.142. The first-order valence-electron chi connectivity index (χ1n) is 12.5. The van der Waals surface area contributed by atoms with Crippen molar-refractivity contribution < 1.29 is 9.59 Å². The van der Waals surface area contributed by atoms with Gasteiger partial charge in [0.15, 0.2) is 0 Å². The summed E-state index contributed by atoms with van der Waals surface area (Å²) in [7, 11) is 1.77. The molecular formula is C30H27N5O2S. The van der Waals surface area contributed by atoms with Crippen molar-refractivity contribution in [2.75, 3.05) is 17.7 Å². The van der Waals surface area contributed by atoms with Crippen LogP contribution in [0.4, 0.5) is 5.69 Å². The van der Waals surface area contributed by atoms with Gasteiger partial charge in [0.2, 0.25) is 5.91 Å². The van der Waals surface area contributed by atoms with Crippen molar-refractivity contribution in [1.82, 2.24) is 19.4 Å². The number of nitrogens with one attached hydrogen (secondary N) is 1. The van der Waals surface area contributed by atoms with Crippen molar-refractivity contribution >= 4 is 40.2 Å². The quantitative estimate of drug-likeness (QED) is 0.348. The second-order valence-corrected chi connectivity index (χ2v) is 10.5. The lowest BCUT2D eigenvalue weighted by atomic mass is 10.2. The largest absolute Gasteiger partial charge is 0.343 e. The van der Waals surface area contributed by atoms with Gasteiger partial charge in [0.25, 0.3) is 5.91 Å². The Balaban J connectivity index is 1.18. The van der Waals surface area contributed by atoms with Gasteiger partial charge in [0.05, 0.1) is 12.0 Å². The molecule has 0 radical (unpaired) electrons. The molecule has 8 heteroatoms. The molecule has 0 fully saturated rings. The standard InChI is InChI=1S/C30H27N5O2S/c1-33-27-14-23-12-13-35(17-22-10-6-3-7-11-22)26(23)15-28(27)38-19-25(30(33)37)32-29(36)24-18-34(20-31-24)16-21-8-4-2-5-9-21/h2-15,18,20,25H,16-17,19H2,1H3,(H,32,36)/t25-/m0/s1. The van der Waals surface area contributed by atoms with Crippen molar-refractivity contribution in [3.63, 3.8) is 0 Å². The monoisotopic (exact) mass is 521 g/mol. The van der Waals surface area contributed by atoms with Crippen LogP contribution in [0.3, 0.4) is 0 Å². The molecule has 1 atom stereocenters. The number of hydrogen-bond acceptors (Lipinski definition) is 4. The third kappa shape index (κ3) is 4.82. The fourth-order valence-electron chi connectivity index (χ4n) is 4.79. The molecule has 1 aliphatic heterocycles. The van der Waals surface area contributed by atoms with Gasteiger partial charge >= 0.3 is 0 Å². The maximum absolute atomic E-state index is 13.4. The molecular weight excluding hydrogens is 494 g/mol. The van der Waals surface area contributed by atoms with Crippen LogP contribution in [0, 0.1) is 0 Å². The molecule has 0 saturated heterocycles. The molecule has 38 heavy (non-hydrogen) atoms. The summed E-state index contributed by atoms with van der Waals surface area (Å²) < 4.78 is 4.09. The van der Waals surface area contributed by atoms with E-state index in [9.17, 15) is 9.59 Å². The molecule has 3 heterocycles. The summed E-state index contributed by atoms with van der Waals surface area (Å²) in [5, 5.41) is 3.99. The van der Waals surface area contributed by atoms with Crippen LogP contribution in [0.25, 0.3) is 10.9 Å². The topological polar surface area (TPSA) is 72.2 Å². The first-order valence-corrected chi connectivity index (χ1v) is 13.5. The highest BCUT2D eigenvalue weighted by Crippen LogP contribution is 2.37. The van der Waals surface area contributed by atoms with Gasteiger partial charge in [0.1, 0.15) is 11.7 Å². The lowest BCUT2D eigenvalue weighted by Crippen LogP contribution is -2.48. The van der Waals surface area contributed by atoms with Gasteiger partial charge < -0.3 is 19.4 Å². The van der Waals surface area contributed by atoms with Gasteiger partial charge in [-0.2, -0.15) is 0 Å². The highest BCUT2D eigenvalue weighted by molar-refractivity contribution is 7.99. The molecule has 1 aliphatic rings. The van der Waals surface area contributed by atoms with Gasteiger partial charge in [-0.25, -0.2) is 4.98 Å². The smallest absolute Gasteiger partial charge is 0.272 e. The number of rotatable bonds is 6. The Bertz CT molecular complexity index is 1610. The number of amides is 2. The third-order valence-corrected chi connectivity index (χ3v) is 7.96. The zero-order chi connectivity index (χ0) is 26.1. The normalized spacial score (nSPS) is 15.3. The van der Waals surface area contributed by atoms with Gasteiger partial charge in [-0.15, -0.1) is 11.8 Å². The van der Waals surface area contributed by atoms with Crippen molar-refractivity contribution in [2.45, 2.75) is 24.0 Å². The maximum atomic E-state index is 13.4. The van der Waals surface area contributed by atoms with Gasteiger partial charge in [-0.1, -0.05) is 60.7 Å². The molecule has 0 saturated carbocycles. The first-order chi connectivity index (χ1) is 18.5. The number of hydrogen-bond donors (Lipinski definition) is 1. The van der Waals surface area contributed by atoms with Crippen LogP contribution < -0.4 is 10.2 Å². The SMILES string of the molecule is CN1C(=O)[C@@H](NC(=O)c2cn(Cc3ccccc3)cn2)CSc2cc3c(ccn3Cc3ccccc3)cc21. The van der Waals surface area contributed by atoms with Gasteiger partial charge in [-0.05, 0) is 29.3 Å². The number of carbonyl (C=O) groups excluding carboxylic acids is 2. The van der Waals surface area contributed by atoms with Crippen LogP contribution in [0.1, 0.15) is 21.6 Å². The number of imidazole rings is 1. The van der Waals surface area contributed by atoms with Crippen molar-refractivity contribution in [3.8, 4) is 0 Å². The zero-order valence-electron chi connectivity index (χ0n) is 20.9. The molecule has 0 aliphatic carbocycles. The minimum atomic E-state index is -0.657. The van der Waals surface area contributed by atoms with E-state index in [-0.39, 0.29) is 11.8 Å². The third-order valence-electron chi connectivity index (χ3n) is 6.82. The fraction of sp³-hybridized carbons (Fsp3) is 0.167. The van der Waals surface area contributed by atoms with E-state index in [1.807, 2.05) is 53.1 Å². The zero-order valence-corrected chi connectivity index (χ0v) is 21.8. The van der Waals surface area contributed by atoms with Crippen molar-refractivity contribution in [3.05, 3.63) is 114 Å². The number of likely N-dealkylation sites (N-methyl/N-ethyl adjacent to an activating group) is 1. The van der Waals surface area contributed by atoms with Crippen LogP contribution in [-0.4, -0.2) is 44.8 Å². The molecule has 3 aromatic carbocycles. The molecule has 2 aromatic heterocycles. The van der Waals surface area contributed by atoms with Crippen molar-refractivity contribution in [1.29, 1.82) is 0 Å². The van der Waals surface area contributed by atoms with Crippen LogP contribution in [0.5, 0.6) is 0 Å². The molecule has 1 N–H and O–H groups in total. The molecule has 7 nitrogen and oxygen atoms in total.